The summed E-state index contributed by atoms with van der Waals surface area (Å²) < 4.78 is 0. The number of fused-ring (bicyclic) bond motifs is 1. The average molecular weight is 335 g/mol. The summed E-state index contributed by atoms with van der Waals surface area (Å²) in [6.45, 7) is 9.40. The Bertz CT molecular complexity index is 786. The van der Waals surface area contributed by atoms with E-state index in [1.165, 1.54) is 48.2 Å². The summed E-state index contributed by atoms with van der Waals surface area (Å²) in [5, 5.41) is 0. The van der Waals surface area contributed by atoms with Gasteiger partial charge in [-0.25, -0.2) is 0 Å². The summed E-state index contributed by atoms with van der Waals surface area (Å²) in [7, 11) is 0. The van der Waals surface area contributed by atoms with Crippen molar-refractivity contribution in [1.82, 2.24) is 9.97 Å². The Balaban J connectivity index is 1.87. The van der Waals surface area contributed by atoms with E-state index in [0.717, 1.165) is 12.8 Å². The summed E-state index contributed by atoms with van der Waals surface area (Å²) in [4.78, 5) is 9.60. The third kappa shape index (κ3) is 2.45. The molecular formula is C23H30N2. The lowest BCUT2D eigenvalue weighted by Crippen LogP contribution is -2.41. The highest BCUT2D eigenvalue weighted by Crippen LogP contribution is 2.54. The highest BCUT2D eigenvalue weighted by Gasteiger charge is 2.52. The normalized spacial score (nSPS) is 25.3. The zero-order valence-corrected chi connectivity index (χ0v) is 16.1. The monoisotopic (exact) mass is 334 g/mol. The SMILES string of the molecule is CCc1cc(C2CCCC2)c(C2(C)Cc3cccnc3C2(C)C)cn1. The van der Waals surface area contributed by atoms with E-state index in [2.05, 4.69) is 52.1 Å². The second-order valence-corrected chi connectivity index (χ2v) is 8.74. The molecule has 2 heterocycles. The Morgan fingerprint density at radius 2 is 1.88 bits per heavy atom. The molecule has 2 aliphatic rings. The van der Waals surface area contributed by atoms with Crippen LogP contribution in [0.4, 0.5) is 0 Å². The molecule has 2 aromatic rings. The summed E-state index contributed by atoms with van der Waals surface area (Å²) in [6, 6.07) is 6.76. The van der Waals surface area contributed by atoms with Gasteiger partial charge in [-0.2, -0.15) is 0 Å². The molecule has 1 saturated carbocycles. The molecular weight excluding hydrogens is 304 g/mol. The molecule has 0 aliphatic heterocycles. The molecule has 2 nitrogen and oxygen atoms in total. The minimum Gasteiger partial charge on any atom is -0.261 e. The van der Waals surface area contributed by atoms with Crippen molar-refractivity contribution in [3.63, 3.8) is 0 Å². The zero-order chi connectivity index (χ0) is 17.7. The molecule has 2 heteroatoms. The average Bonchev–Trinajstić information content (AvgIpc) is 3.21. The fraction of sp³-hybridized carbons (Fsp3) is 0.565. The van der Waals surface area contributed by atoms with Crippen molar-refractivity contribution < 1.29 is 0 Å². The van der Waals surface area contributed by atoms with Crippen LogP contribution >= 0.6 is 0 Å². The first-order valence-electron chi connectivity index (χ1n) is 9.91. The lowest BCUT2D eigenvalue weighted by molar-refractivity contribution is 0.297. The van der Waals surface area contributed by atoms with Crippen molar-refractivity contribution in [1.29, 1.82) is 0 Å². The van der Waals surface area contributed by atoms with Crippen molar-refractivity contribution in [2.45, 2.75) is 83.0 Å². The van der Waals surface area contributed by atoms with Crippen molar-refractivity contribution in [3.8, 4) is 0 Å². The topological polar surface area (TPSA) is 25.8 Å². The molecule has 0 aromatic carbocycles. The van der Waals surface area contributed by atoms with E-state index in [9.17, 15) is 0 Å². The van der Waals surface area contributed by atoms with E-state index in [4.69, 9.17) is 9.97 Å². The smallest absolute Gasteiger partial charge is 0.0500 e. The van der Waals surface area contributed by atoms with E-state index < -0.39 is 0 Å². The standard InChI is InChI=1S/C23H30N2/c1-5-18-13-19(16-9-6-7-10-16)20(15-25-18)23(4)14-17-11-8-12-24-21(17)22(23,2)3/h8,11-13,15-16H,5-7,9-10,14H2,1-4H3. The number of nitrogens with zero attached hydrogens (tertiary/aromatic N) is 2. The molecule has 132 valence electrons. The third-order valence-electron chi connectivity index (χ3n) is 7.15. The molecule has 2 aliphatic carbocycles. The van der Waals surface area contributed by atoms with Gasteiger partial charge in [0.1, 0.15) is 0 Å². The molecule has 0 saturated heterocycles. The van der Waals surface area contributed by atoms with Crippen LogP contribution in [-0.2, 0) is 23.7 Å². The Morgan fingerprint density at radius 3 is 2.56 bits per heavy atom. The van der Waals surface area contributed by atoms with Crippen molar-refractivity contribution in [2.75, 3.05) is 0 Å². The summed E-state index contributed by atoms with van der Waals surface area (Å²) in [5.41, 5.74) is 7.04. The van der Waals surface area contributed by atoms with Gasteiger partial charge in [-0.1, -0.05) is 46.6 Å². The van der Waals surface area contributed by atoms with Crippen molar-refractivity contribution in [2.24, 2.45) is 0 Å². The minimum atomic E-state index is 0.0202. The fourth-order valence-electron chi connectivity index (χ4n) is 5.18. The largest absolute Gasteiger partial charge is 0.261 e. The maximum Gasteiger partial charge on any atom is 0.0500 e. The highest BCUT2D eigenvalue weighted by atomic mass is 14.8. The quantitative estimate of drug-likeness (QED) is 0.742. The van der Waals surface area contributed by atoms with Crippen LogP contribution in [0.3, 0.4) is 0 Å². The second kappa shape index (κ2) is 5.93. The first-order chi connectivity index (χ1) is 12.0. The molecule has 1 atom stereocenters. The zero-order valence-electron chi connectivity index (χ0n) is 16.1. The van der Waals surface area contributed by atoms with E-state index in [-0.39, 0.29) is 10.8 Å². The van der Waals surface area contributed by atoms with Gasteiger partial charge >= 0.3 is 0 Å². The molecule has 0 bridgehead atoms. The van der Waals surface area contributed by atoms with Crippen LogP contribution in [0.5, 0.6) is 0 Å². The Morgan fingerprint density at radius 1 is 1.12 bits per heavy atom. The second-order valence-electron chi connectivity index (χ2n) is 8.74. The molecule has 0 radical (unpaired) electrons. The van der Waals surface area contributed by atoms with Gasteiger partial charge in [-0.3, -0.25) is 9.97 Å². The van der Waals surface area contributed by atoms with Gasteiger partial charge < -0.3 is 0 Å². The van der Waals surface area contributed by atoms with Gasteiger partial charge in [0.25, 0.3) is 0 Å². The van der Waals surface area contributed by atoms with Crippen LogP contribution in [0, 0.1) is 0 Å². The van der Waals surface area contributed by atoms with E-state index in [1.54, 1.807) is 5.56 Å². The van der Waals surface area contributed by atoms with Crippen LogP contribution in [-0.4, -0.2) is 9.97 Å². The van der Waals surface area contributed by atoms with Crippen LogP contribution in [0.15, 0.2) is 30.6 Å². The minimum absolute atomic E-state index is 0.0202. The summed E-state index contributed by atoms with van der Waals surface area (Å²) in [5.74, 6) is 0.715. The van der Waals surface area contributed by atoms with Crippen molar-refractivity contribution >= 4 is 0 Å². The van der Waals surface area contributed by atoms with Gasteiger partial charge in [0.05, 0.1) is 5.69 Å². The van der Waals surface area contributed by atoms with Gasteiger partial charge in [0, 0.05) is 28.9 Å². The van der Waals surface area contributed by atoms with Crippen molar-refractivity contribution in [3.05, 3.63) is 58.7 Å². The first-order valence-corrected chi connectivity index (χ1v) is 9.91. The molecule has 1 unspecified atom stereocenters. The Hall–Kier alpha value is -1.70. The van der Waals surface area contributed by atoms with Gasteiger partial charge in [0.2, 0.25) is 0 Å². The van der Waals surface area contributed by atoms with Crippen LogP contribution in [0.25, 0.3) is 0 Å². The van der Waals surface area contributed by atoms with Crippen LogP contribution in [0.1, 0.15) is 87.4 Å². The number of hydrogen-bond donors (Lipinski definition) is 0. The molecule has 0 amide bonds. The number of aryl methyl sites for hydroxylation is 1. The lowest BCUT2D eigenvalue weighted by atomic mass is 9.63. The summed E-state index contributed by atoms with van der Waals surface area (Å²) in [6.07, 6.45) is 11.6. The van der Waals surface area contributed by atoms with Gasteiger partial charge in [-0.15, -0.1) is 0 Å². The number of pyridine rings is 2. The third-order valence-corrected chi connectivity index (χ3v) is 7.15. The molecule has 0 spiro atoms. The maximum atomic E-state index is 4.83. The fourth-order valence-corrected chi connectivity index (χ4v) is 5.18. The van der Waals surface area contributed by atoms with E-state index in [0.29, 0.717) is 5.92 Å². The number of rotatable bonds is 3. The number of hydrogen-bond acceptors (Lipinski definition) is 2. The van der Waals surface area contributed by atoms with Gasteiger partial charge in [0.15, 0.2) is 0 Å². The Labute approximate surface area is 152 Å². The predicted molar refractivity (Wildman–Crippen MR) is 103 cm³/mol. The molecule has 25 heavy (non-hydrogen) atoms. The highest BCUT2D eigenvalue weighted by molar-refractivity contribution is 5.49. The molecule has 0 N–H and O–H groups in total. The van der Waals surface area contributed by atoms with E-state index in [1.807, 2.05) is 6.20 Å². The van der Waals surface area contributed by atoms with Crippen LogP contribution in [0.2, 0.25) is 0 Å². The summed E-state index contributed by atoms with van der Waals surface area (Å²) >= 11 is 0. The predicted octanol–water partition coefficient (Wildman–Crippen LogP) is 5.49. The van der Waals surface area contributed by atoms with Crippen LogP contribution < -0.4 is 0 Å². The molecule has 1 fully saturated rings. The molecule has 4 rings (SSSR count). The first kappa shape index (κ1) is 16.8. The lowest BCUT2D eigenvalue weighted by Gasteiger charge is -2.40. The van der Waals surface area contributed by atoms with Gasteiger partial charge in [-0.05, 0) is 60.4 Å². The molecule has 2 aromatic heterocycles. The Kier molecular flexibility index (Phi) is 3.97. The maximum absolute atomic E-state index is 4.83. The number of aromatic nitrogens is 2. The van der Waals surface area contributed by atoms with E-state index >= 15 is 0 Å².